The van der Waals surface area contributed by atoms with Crippen molar-refractivity contribution in [2.75, 3.05) is 5.73 Å². The number of hydrogen-bond donors (Lipinski definition) is 1. The maximum Gasteiger partial charge on any atom is 0.198 e. The average molecular weight is 199 g/mol. The summed E-state index contributed by atoms with van der Waals surface area (Å²) in [6, 6.07) is 6.93. The van der Waals surface area contributed by atoms with Gasteiger partial charge in [-0.05, 0) is 12.1 Å². The minimum Gasteiger partial charge on any atom is -0.398 e. The molecule has 2 rings (SSSR count). The van der Waals surface area contributed by atoms with E-state index in [0.29, 0.717) is 16.8 Å². The highest BCUT2D eigenvalue weighted by Crippen LogP contribution is 2.14. The Balaban J connectivity index is 2.42. The highest BCUT2D eigenvalue weighted by atomic mass is 16.1. The fourth-order valence-corrected chi connectivity index (χ4v) is 1.28. The number of carbonyl (C=O) groups is 1. The van der Waals surface area contributed by atoms with Gasteiger partial charge in [0.05, 0.1) is 5.56 Å². The Morgan fingerprint density at radius 3 is 2.47 bits per heavy atom. The number of para-hydroxylation sites is 1. The second kappa shape index (κ2) is 3.88. The highest BCUT2D eigenvalue weighted by Gasteiger charge is 2.11. The fourth-order valence-electron chi connectivity index (χ4n) is 1.28. The topological polar surface area (TPSA) is 68.9 Å². The van der Waals surface area contributed by atoms with E-state index in [-0.39, 0.29) is 5.78 Å². The highest BCUT2D eigenvalue weighted by molar-refractivity contribution is 6.11. The number of rotatable bonds is 2. The predicted octanol–water partition coefficient (Wildman–Crippen LogP) is 1.29. The van der Waals surface area contributed by atoms with Crippen LogP contribution in [-0.2, 0) is 0 Å². The molecule has 0 radical (unpaired) electrons. The Morgan fingerprint density at radius 1 is 1.13 bits per heavy atom. The summed E-state index contributed by atoms with van der Waals surface area (Å²) in [4.78, 5) is 19.5. The van der Waals surface area contributed by atoms with Crippen molar-refractivity contribution >= 4 is 11.5 Å². The Bertz CT molecular complexity index is 482. The summed E-state index contributed by atoms with van der Waals surface area (Å²) in [7, 11) is 0. The van der Waals surface area contributed by atoms with Crippen molar-refractivity contribution in [2.45, 2.75) is 0 Å². The van der Waals surface area contributed by atoms with Crippen LogP contribution in [0.15, 0.2) is 43.0 Å². The molecule has 1 aromatic carbocycles. The largest absolute Gasteiger partial charge is 0.398 e. The number of nitrogens with two attached hydrogens (primary N) is 1. The molecule has 0 saturated carbocycles. The van der Waals surface area contributed by atoms with Gasteiger partial charge in [-0.25, -0.2) is 9.97 Å². The van der Waals surface area contributed by atoms with E-state index in [4.69, 9.17) is 5.73 Å². The number of hydrogen-bond acceptors (Lipinski definition) is 4. The standard InChI is InChI=1S/C11H9N3O/c12-10-4-2-1-3-9(10)11(15)8-5-13-7-14-6-8/h1-7H,12H2. The van der Waals surface area contributed by atoms with Crippen LogP contribution in [0.25, 0.3) is 0 Å². The first-order valence-electron chi connectivity index (χ1n) is 4.43. The smallest absolute Gasteiger partial charge is 0.198 e. The van der Waals surface area contributed by atoms with Gasteiger partial charge in [0, 0.05) is 23.6 Å². The molecule has 15 heavy (non-hydrogen) atoms. The summed E-state index contributed by atoms with van der Waals surface area (Å²) in [5, 5.41) is 0. The molecule has 0 saturated heterocycles. The van der Waals surface area contributed by atoms with Crippen LogP contribution < -0.4 is 5.73 Å². The number of nitrogen functional groups attached to an aromatic ring is 1. The Labute approximate surface area is 86.8 Å². The zero-order valence-electron chi connectivity index (χ0n) is 7.92. The number of anilines is 1. The van der Waals surface area contributed by atoms with E-state index >= 15 is 0 Å². The molecule has 1 heterocycles. The lowest BCUT2D eigenvalue weighted by molar-refractivity contribution is 0.103. The maximum absolute atomic E-state index is 11.9. The molecule has 0 aliphatic rings. The van der Waals surface area contributed by atoms with Crippen LogP contribution in [0.1, 0.15) is 15.9 Å². The third kappa shape index (κ3) is 1.83. The minimum absolute atomic E-state index is 0.159. The first-order valence-corrected chi connectivity index (χ1v) is 4.43. The van der Waals surface area contributed by atoms with E-state index < -0.39 is 0 Å². The lowest BCUT2D eigenvalue weighted by Crippen LogP contribution is -2.05. The second-order valence-electron chi connectivity index (χ2n) is 3.04. The maximum atomic E-state index is 11.9. The first kappa shape index (κ1) is 9.33. The SMILES string of the molecule is Nc1ccccc1C(=O)c1cncnc1. The van der Waals surface area contributed by atoms with E-state index in [0.717, 1.165) is 0 Å². The Morgan fingerprint density at radius 2 is 1.80 bits per heavy atom. The third-order valence-corrected chi connectivity index (χ3v) is 2.03. The van der Waals surface area contributed by atoms with Gasteiger partial charge < -0.3 is 5.73 Å². The molecular weight excluding hydrogens is 190 g/mol. The van der Waals surface area contributed by atoms with E-state index in [1.54, 1.807) is 24.3 Å². The van der Waals surface area contributed by atoms with E-state index in [2.05, 4.69) is 9.97 Å². The zero-order valence-corrected chi connectivity index (χ0v) is 7.92. The molecular formula is C11H9N3O. The van der Waals surface area contributed by atoms with Crippen molar-refractivity contribution in [3.8, 4) is 0 Å². The molecule has 4 heteroatoms. The number of benzene rings is 1. The second-order valence-corrected chi connectivity index (χ2v) is 3.04. The van der Waals surface area contributed by atoms with Gasteiger partial charge in [0.15, 0.2) is 5.78 Å². The summed E-state index contributed by atoms with van der Waals surface area (Å²) in [5.41, 5.74) is 7.08. The van der Waals surface area contributed by atoms with E-state index in [1.165, 1.54) is 18.7 Å². The van der Waals surface area contributed by atoms with Crippen molar-refractivity contribution in [3.05, 3.63) is 54.1 Å². The molecule has 0 spiro atoms. The number of ketones is 1. The average Bonchev–Trinajstić information content (AvgIpc) is 2.30. The normalized spacial score (nSPS) is 9.87. The molecule has 0 fully saturated rings. The van der Waals surface area contributed by atoms with Crippen molar-refractivity contribution in [1.82, 2.24) is 9.97 Å². The lowest BCUT2D eigenvalue weighted by atomic mass is 10.0. The van der Waals surface area contributed by atoms with Gasteiger partial charge in [0.1, 0.15) is 6.33 Å². The quantitative estimate of drug-likeness (QED) is 0.584. The van der Waals surface area contributed by atoms with Crippen LogP contribution in [0.3, 0.4) is 0 Å². The summed E-state index contributed by atoms with van der Waals surface area (Å²) in [5.74, 6) is -0.159. The van der Waals surface area contributed by atoms with Crippen molar-refractivity contribution < 1.29 is 4.79 Å². The summed E-state index contributed by atoms with van der Waals surface area (Å²) < 4.78 is 0. The van der Waals surface area contributed by atoms with Gasteiger partial charge in [0.25, 0.3) is 0 Å². The Kier molecular flexibility index (Phi) is 2.41. The molecule has 0 bridgehead atoms. The molecule has 2 N–H and O–H groups in total. The molecule has 4 nitrogen and oxygen atoms in total. The van der Waals surface area contributed by atoms with Crippen molar-refractivity contribution in [3.63, 3.8) is 0 Å². The van der Waals surface area contributed by atoms with Gasteiger partial charge in [-0.15, -0.1) is 0 Å². The summed E-state index contributed by atoms with van der Waals surface area (Å²) in [6.45, 7) is 0. The molecule has 74 valence electrons. The van der Waals surface area contributed by atoms with Gasteiger partial charge in [-0.1, -0.05) is 12.1 Å². The molecule has 0 atom stereocenters. The van der Waals surface area contributed by atoms with Crippen LogP contribution in [0, 0.1) is 0 Å². The molecule has 0 aliphatic heterocycles. The predicted molar refractivity (Wildman–Crippen MR) is 56.3 cm³/mol. The minimum atomic E-state index is -0.159. The van der Waals surface area contributed by atoms with Crippen LogP contribution in [0.2, 0.25) is 0 Å². The lowest BCUT2D eigenvalue weighted by Gasteiger charge is -2.02. The van der Waals surface area contributed by atoms with Crippen molar-refractivity contribution in [1.29, 1.82) is 0 Å². The number of carbonyl (C=O) groups excluding carboxylic acids is 1. The van der Waals surface area contributed by atoms with E-state index in [1.807, 2.05) is 0 Å². The zero-order chi connectivity index (χ0) is 10.7. The first-order chi connectivity index (χ1) is 7.29. The van der Waals surface area contributed by atoms with Crippen LogP contribution in [0.4, 0.5) is 5.69 Å². The third-order valence-electron chi connectivity index (χ3n) is 2.03. The molecule has 0 unspecified atom stereocenters. The molecule has 0 aliphatic carbocycles. The van der Waals surface area contributed by atoms with Crippen LogP contribution in [0.5, 0.6) is 0 Å². The molecule has 2 aromatic rings. The monoisotopic (exact) mass is 199 g/mol. The summed E-state index contributed by atoms with van der Waals surface area (Å²) in [6.07, 6.45) is 4.33. The van der Waals surface area contributed by atoms with Gasteiger partial charge >= 0.3 is 0 Å². The molecule has 0 amide bonds. The van der Waals surface area contributed by atoms with Gasteiger partial charge in [-0.2, -0.15) is 0 Å². The Hall–Kier alpha value is -2.23. The fraction of sp³-hybridized carbons (Fsp3) is 0. The van der Waals surface area contributed by atoms with Gasteiger partial charge in [0.2, 0.25) is 0 Å². The number of aromatic nitrogens is 2. The van der Waals surface area contributed by atoms with Crippen molar-refractivity contribution in [2.24, 2.45) is 0 Å². The van der Waals surface area contributed by atoms with Crippen LogP contribution >= 0.6 is 0 Å². The summed E-state index contributed by atoms with van der Waals surface area (Å²) >= 11 is 0. The molecule has 1 aromatic heterocycles. The number of nitrogens with zero attached hydrogens (tertiary/aromatic N) is 2. The van der Waals surface area contributed by atoms with Crippen LogP contribution in [-0.4, -0.2) is 15.8 Å². The van der Waals surface area contributed by atoms with E-state index in [9.17, 15) is 4.79 Å². The van der Waals surface area contributed by atoms with Gasteiger partial charge in [-0.3, -0.25) is 4.79 Å².